The number of hydrogen-bond donors (Lipinski definition) is 3. The van der Waals surface area contributed by atoms with Crippen LogP contribution in [0.1, 0.15) is 25.3 Å². The van der Waals surface area contributed by atoms with Crippen molar-refractivity contribution in [1.82, 2.24) is 5.32 Å². The van der Waals surface area contributed by atoms with Gasteiger partial charge >= 0.3 is 12.0 Å². The van der Waals surface area contributed by atoms with Gasteiger partial charge in [-0.05, 0) is 42.5 Å². The molecule has 0 saturated carbocycles. The summed E-state index contributed by atoms with van der Waals surface area (Å²) < 4.78 is 0. The Balaban J connectivity index is 2.52. The summed E-state index contributed by atoms with van der Waals surface area (Å²) in [6.45, 7) is 2.11. The second-order valence-corrected chi connectivity index (χ2v) is 5.70. The van der Waals surface area contributed by atoms with Crippen molar-refractivity contribution in [3.05, 3.63) is 29.8 Å². The first-order valence-electron chi connectivity index (χ1n) is 6.95. The minimum absolute atomic E-state index is 0.402. The number of benzene rings is 1. The van der Waals surface area contributed by atoms with E-state index in [-0.39, 0.29) is 0 Å². The molecule has 2 amide bonds. The molecule has 0 aliphatic heterocycles. The number of carboxylic acid groups (broad SMARTS) is 1. The first-order valence-corrected chi connectivity index (χ1v) is 8.34. The van der Waals surface area contributed by atoms with E-state index < -0.39 is 18.0 Å². The molecule has 1 rings (SSSR count). The van der Waals surface area contributed by atoms with E-state index in [0.29, 0.717) is 17.9 Å². The van der Waals surface area contributed by atoms with Crippen LogP contribution in [0.4, 0.5) is 10.5 Å². The lowest BCUT2D eigenvalue weighted by molar-refractivity contribution is -0.139. The highest BCUT2D eigenvalue weighted by Gasteiger charge is 2.19. The molecule has 0 heterocycles. The molecule has 0 aliphatic rings. The van der Waals surface area contributed by atoms with Gasteiger partial charge < -0.3 is 15.7 Å². The van der Waals surface area contributed by atoms with Crippen molar-refractivity contribution < 1.29 is 14.7 Å². The average molecular weight is 310 g/mol. The summed E-state index contributed by atoms with van der Waals surface area (Å²) in [6.07, 6.45) is 4.38. The van der Waals surface area contributed by atoms with E-state index in [0.717, 1.165) is 12.8 Å². The molecule has 1 aromatic rings. The largest absolute Gasteiger partial charge is 0.480 e. The number of anilines is 1. The summed E-state index contributed by atoms with van der Waals surface area (Å²) >= 11 is 1.55. The van der Waals surface area contributed by atoms with Crippen molar-refractivity contribution in [2.24, 2.45) is 0 Å². The Kier molecular flexibility index (Phi) is 7.68. The van der Waals surface area contributed by atoms with Crippen LogP contribution in [0, 0.1) is 0 Å². The van der Waals surface area contributed by atoms with Crippen LogP contribution in [-0.4, -0.2) is 35.2 Å². The maximum absolute atomic E-state index is 11.8. The number of aliphatic carboxylic acids is 1. The normalized spacial score (nSPS) is 11.7. The predicted molar refractivity (Wildman–Crippen MR) is 87.0 cm³/mol. The molecule has 6 heteroatoms. The van der Waals surface area contributed by atoms with E-state index >= 15 is 0 Å². The molecule has 3 N–H and O–H groups in total. The van der Waals surface area contributed by atoms with Crippen LogP contribution in [0.15, 0.2) is 24.3 Å². The van der Waals surface area contributed by atoms with Crippen LogP contribution < -0.4 is 10.6 Å². The van der Waals surface area contributed by atoms with Gasteiger partial charge in [-0.1, -0.05) is 25.5 Å². The van der Waals surface area contributed by atoms with Gasteiger partial charge in [-0.25, -0.2) is 9.59 Å². The lowest BCUT2D eigenvalue weighted by Gasteiger charge is -2.14. The van der Waals surface area contributed by atoms with E-state index in [2.05, 4.69) is 17.6 Å². The summed E-state index contributed by atoms with van der Waals surface area (Å²) in [7, 11) is 0. The summed E-state index contributed by atoms with van der Waals surface area (Å²) in [4.78, 5) is 22.9. The molecule has 5 nitrogen and oxygen atoms in total. The minimum Gasteiger partial charge on any atom is -0.480 e. The molecule has 0 radical (unpaired) electrons. The summed E-state index contributed by atoms with van der Waals surface area (Å²) in [6, 6.07) is 6.21. The number of urea groups is 1. The lowest BCUT2D eigenvalue weighted by Crippen LogP contribution is -2.43. The smallest absolute Gasteiger partial charge is 0.326 e. The Bertz CT molecular complexity index is 462. The first kappa shape index (κ1) is 17.4. The third-order valence-corrected chi connectivity index (χ3v) is 3.61. The highest BCUT2D eigenvalue weighted by atomic mass is 32.2. The zero-order valence-corrected chi connectivity index (χ0v) is 13.2. The van der Waals surface area contributed by atoms with Crippen molar-refractivity contribution in [3.63, 3.8) is 0 Å². The Hall–Kier alpha value is -1.69. The van der Waals surface area contributed by atoms with Gasteiger partial charge in [-0.3, -0.25) is 0 Å². The van der Waals surface area contributed by atoms with Gasteiger partial charge in [0.25, 0.3) is 0 Å². The standard InChI is InChI=1S/C15H22N2O3S/c1-3-4-11-5-7-12(8-6-11)16-15(20)17-13(14(18)19)9-10-21-2/h5-8,13H,3-4,9-10H2,1-2H3,(H,18,19)(H2,16,17,20). The second kappa shape index (κ2) is 9.28. The number of rotatable bonds is 8. The van der Waals surface area contributed by atoms with Crippen LogP contribution >= 0.6 is 11.8 Å². The Morgan fingerprint density at radius 2 is 1.95 bits per heavy atom. The van der Waals surface area contributed by atoms with Crippen LogP contribution in [0.5, 0.6) is 0 Å². The molecule has 116 valence electrons. The zero-order valence-electron chi connectivity index (χ0n) is 12.4. The van der Waals surface area contributed by atoms with E-state index in [1.165, 1.54) is 5.56 Å². The molecule has 0 fully saturated rings. The molecule has 0 spiro atoms. The fraction of sp³-hybridized carbons (Fsp3) is 0.467. The van der Waals surface area contributed by atoms with E-state index in [1.807, 2.05) is 30.5 Å². The quantitative estimate of drug-likeness (QED) is 0.690. The van der Waals surface area contributed by atoms with Gasteiger partial charge in [0.15, 0.2) is 0 Å². The Morgan fingerprint density at radius 1 is 1.29 bits per heavy atom. The topological polar surface area (TPSA) is 78.4 Å². The summed E-state index contributed by atoms with van der Waals surface area (Å²) in [5.41, 5.74) is 1.87. The van der Waals surface area contributed by atoms with Crippen LogP contribution in [0.3, 0.4) is 0 Å². The fourth-order valence-corrected chi connectivity index (χ4v) is 2.33. The van der Waals surface area contributed by atoms with Gasteiger partial charge in [0, 0.05) is 5.69 Å². The number of hydrogen-bond acceptors (Lipinski definition) is 3. The number of thioether (sulfide) groups is 1. The Labute approximate surface area is 129 Å². The predicted octanol–water partition coefficient (Wildman–Crippen LogP) is 2.97. The first-order chi connectivity index (χ1) is 10.1. The number of carbonyl (C=O) groups is 2. The van der Waals surface area contributed by atoms with Crippen LogP contribution in [0.2, 0.25) is 0 Å². The van der Waals surface area contributed by atoms with Gasteiger partial charge in [-0.15, -0.1) is 0 Å². The molecular weight excluding hydrogens is 288 g/mol. The highest BCUT2D eigenvalue weighted by Crippen LogP contribution is 2.11. The van der Waals surface area contributed by atoms with Crippen LogP contribution in [-0.2, 0) is 11.2 Å². The van der Waals surface area contributed by atoms with Crippen molar-refractivity contribution in [1.29, 1.82) is 0 Å². The zero-order chi connectivity index (χ0) is 15.7. The molecule has 1 aromatic carbocycles. The van der Waals surface area contributed by atoms with Crippen molar-refractivity contribution in [2.45, 2.75) is 32.2 Å². The highest BCUT2D eigenvalue weighted by molar-refractivity contribution is 7.98. The number of carboxylic acids is 1. The van der Waals surface area contributed by atoms with Gasteiger partial charge in [0.1, 0.15) is 6.04 Å². The molecule has 21 heavy (non-hydrogen) atoms. The SMILES string of the molecule is CCCc1ccc(NC(=O)NC(CCSC)C(=O)O)cc1. The van der Waals surface area contributed by atoms with Crippen molar-refractivity contribution >= 4 is 29.4 Å². The molecule has 1 unspecified atom stereocenters. The van der Waals surface area contributed by atoms with Gasteiger partial charge in [-0.2, -0.15) is 11.8 Å². The van der Waals surface area contributed by atoms with Gasteiger partial charge in [0.05, 0.1) is 0 Å². The third-order valence-electron chi connectivity index (χ3n) is 2.96. The lowest BCUT2D eigenvalue weighted by atomic mass is 10.1. The number of aryl methyl sites for hydroxylation is 1. The maximum atomic E-state index is 11.8. The van der Waals surface area contributed by atoms with E-state index in [9.17, 15) is 9.59 Å². The minimum atomic E-state index is -1.02. The van der Waals surface area contributed by atoms with Gasteiger partial charge in [0.2, 0.25) is 0 Å². The van der Waals surface area contributed by atoms with E-state index in [1.54, 1.807) is 11.8 Å². The number of nitrogens with one attached hydrogen (secondary N) is 2. The Morgan fingerprint density at radius 3 is 2.48 bits per heavy atom. The molecule has 1 atom stereocenters. The second-order valence-electron chi connectivity index (χ2n) is 4.72. The molecule has 0 bridgehead atoms. The average Bonchev–Trinajstić information content (AvgIpc) is 2.45. The van der Waals surface area contributed by atoms with E-state index in [4.69, 9.17) is 5.11 Å². The summed E-state index contributed by atoms with van der Waals surface area (Å²) in [5, 5.41) is 14.2. The molecule has 0 aromatic heterocycles. The fourth-order valence-electron chi connectivity index (χ4n) is 1.86. The molecular formula is C15H22N2O3S. The number of amides is 2. The monoisotopic (exact) mass is 310 g/mol. The number of carbonyl (C=O) groups excluding carboxylic acids is 1. The van der Waals surface area contributed by atoms with Crippen molar-refractivity contribution in [3.8, 4) is 0 Å². The third kappa shape index (κ3) is 6.53. The van der Waals surface area contributed by atoms with Crippen LogP contribution in [0.25, 0.3) is 0 Å². The molecule has 0 saturated heterocycles. The summed E-state index contributed by atoms with van der Waals surface area (Å²) in [5.74, 6) is -0.333. The maximum Gasteiger partial charge on any atom is 0.326 e. The van der Waals surface area contributed by atoms with Crippen molar-refractivity contribution in [2.75, 3.05) is 17.3 Å². The molecule has 0 aliphatic carbocycles.